The quantitative estimate of drug-likeness (QED) is 0.840. The van der Waals surface area contributed by atoms with Crippen LogP contribution in [0, 0.1) is 23.0 Å². The molecule has 1 heterocycles. The molecule has 5 heteroatoms. The number of nitriles is 1. The summed E-state index contributed by atoms with van der Waals surface area (Å²) in [4.78, 5) is 5.08. The normalized spacial score (nSPS) is 10.7. The molecule has 2 rings (SSSR count). The van der Waals surface area contributed by atoms with Gasteiger partial charge < -0.3 is 0 Å². The first-order chi connectivity index (χ1) is 9.04. The molecule has 0 fully saturated rings. The maximum Gasteiger partial charge on any atom is 0.136 e. The third kappa shape index (κ3) is 2.64. The standard InChI is InChI=1S/C14H12F2N2S/c1-8(2)13-11(6-7-17)19-14(18-13)12-9(15)4-3-5-10(12)16/h3-5,8H,6H2,1-2H3. The van der Waals surface area contributed by atoms with Crippen LogP contribution in [0.3, 0.4) is 0 Å². The van der Waals surface area contributed by atoms with E-state index in [9.17, 15) is 8.78 Å². The summed E-state index contributed by atoms with van der Waals surface area (Å²) in [5, 5.41) is 9.09. The number of nitrogens with zero attached hydrogens (tertiary/aromatic N) is 2. The van der Waals surface area contributed by atoms with Gasteiger partial charge in [-0.15, -0.1) is 11.3 Å². The molecule has 2 nitrogen and oxygen atoms in total. The molecule has 1 aromatic heterocycles. The molecule has 0 saturated carbocycles. The van der Waals surface area contributed by atoms with Crippen molar-refractivity contribution in [3.63, 3.8) is 0 Å². The highest BCUT2D eigenvalue weighted by Gasteiger charge is 2.19. The Morgan fingerprint density at radius 3 is 2.47 bits per heavy atom. The monoisotopic (exact) mass is 278 g/mol. The van der Waals surface area contributed by atoms with Gasteiger partial charge in [-0.3, -0.25) is 0 Å². The minimum absolute atomic E-state index is 0.112. The van der Waals surface area contributed by atoms with Crippen LogP contribution >= 0.6 is 11.3 Å². The molecule has 0 aliphatic carbocycles. The molecule has 0 bridgehead atoms. The van der Waals surface area contributed by atoms with E-state index in [1.807, 2.05) is 13.8 Å². The van der Waals surface area contributed by atoms with Gasteiger partial charge in [0, 0.05) is 4.88 Å². The Morgan fingerprint density at radius 2 is 1.95 bits per heavy atom. The van der Waals surface area contributed by atoms with Gasteiger partial charge in [-0.05, 0) is 18.1 Å². The first-order valence-electron chi connectivity index (χ1n) is 5.85. The van der Waals surface area contributed by atoms with Gasteiger partial charge in [0.1, 0.15) is 16.6 Å². The second kappa shape index (κ2) is 5.45. The van der Waals surface area contributed by atoms with Gasteiger partial charge in [-0.25, -0.2) is 13.8 Å². The van der Waals surface area contributed by atoms with Crippen LogP contribution in [0.25, 0.3) is 10.6 Å². The number of rotatable bonds is 3. The van der Waals surface area contributed by atoms with E-state index in [0.29, 0.717) is 5.01 Å². The van der Waals surface area contributed by atoms with Gasteiger partial charge in [0.15, 0.2) is 0 Å². The molecule has 0 saturated heterocycles. The summed E-state index contributed by atoms with van der Waals surface area (Å²) in [5.74, 6) is -1.15. The van der Waals surface area contributed by atoms with E-state index in [1.54, 1.807) is 0 Å². The van der Waals surface area contributed by atoms with E-state index < -0.39 is 11.6 Å². The lowest BCUT2D eigenvalue weighted by Gasteiger charge is -2.02. The summed E-state index contributed by atoms with van der Waals surface area (Å²) in [6, 6.07) is 5.79. The van der Waals surface area contributed by atoms with Crippen LogP contribution in [-0.4, -0.2) is 4.98 Å². The van der Waals surface area contributed by atoms with Crippen molar-refractivity contribution in [2.24, 2.45) is 0 Å². The van der Waals surface area contributed by atoms with Crippen molar-refractivity contribution in [3.8, 4) is 16.6 Å². The van der Waals surface area contributed by atoms with E-state index in [0.717, 1.165) is 10.6 Å². The van der Waals surface area contributed by atoms with E-state index in [1.165, 1.54) is 29.5 Å². The molecule has 0 aliphatic rings. The third-order valence-electron chi connectivity index (χ3n) is 2.69. The number of aromatic nitrogens is 1. The molecule has 1 aromatic carbocycles. The molecule has 19 heavy (non-hydrogen) atoms. The van der Waals surface area contributed by atoms with Gasteiger partial charge in [-0.2, -0.15) is 5.26 Å². The van der Waals surface area contributed by atoms with Crippen molar-refractivity contribution < 1.29 is 8.78 Å². The SMILES string of the molecule is CC(C)c1nc(-c2c(F)cccc2F)sc1CC#N. The predicted octanol–water partition coefficient (Wildman–Crippen LogP) is 4.28. The molecule has 0 atom stereocenters. The number of halogens is 2. The summed E-state index contributed by atoms with van der Waals surface area (Å²) in [6.07, 6.45) is 0.210. The second-order valence-electron chi connectivity index (χ2n) is 4.41. The molecular weight excluding hydrogens is 266 g/mol. The zero-order chi connectivity index (χ0) is 14.0. The lowest BCUT2D eigenvalue weighted by molar-refractivity contribution is 0.589. The molecule has 0 amide bonds. The van der Waals surface area contributed by atoms with Crippen LogP contribution in [-0.2, 0) is 6.42 Å². The van der Waals surface area contributed by atoms with Gasteiger partial charge in [0.25, 0.3) is 0 Å². The third-order valence-corrected chi connectivity index (χ3v) is 3.78. The Kier molecular flexibility index (Phi) is 3.91. The Bertz CT molecular complexity index is 621. The Morgan fingerprint density at radius 1 is 1.32 bits per heavy atom. The van der Waals surface area contributed by atoms with Crippen molar-refractivity contribution in [1.29, 1.82) is 5.26 Å². The van der Waals surface area contributed by atoms with Crippen LogP contribution < -0.4 is 0 Å². The van der Waals surface area contributed by atoms with Crippen LogP contribution in [0.5, 0.6) is 0 Å². The predicted molar refractivity (Wildman–Crippen MR) is 70.9 cm³/mol. The first-order valence-corrected chi connectivity index (χ1v) is 6.67. The van der Waals surface area contributed by atoms with Crippen LogP contribution in [0.15, 0.2) is 18.2 Å². The molecule has 0 radical (unpaired) electrons. The van der Waals surface area contributed by atoms with Crippen molar-refractivity contribution in [2.75, 3.05) is 0 Å². The molecular formula is C14H12F2N2S. The Labute approximate surface area is 114 Å². The smallest absolute Gasteiger partial charge is 0.136 e. The maximum atomic E-state index is 13.7. The zero-order valence-electron chi connectivity index (χ0n) is 10.6. The minimum atomic E-state index is -0.632. The van der Waals surface area contributed by atoms with Gasteiger partial charge >= 0.3 is 0 Å². The highest BCUT2D eigenvalue weighted by atomic mass is 32.1. The lowest BCUT2D eigenvalue weighted by Crippen LogP contribution is -1.93. The Hall–Kier alpha value is -1.80. The molecule has 98 valence electrons. The van der Waals surface area contributed by atoms with Crippen LogP contribution in [0.2, 0.25) is 0 Å². The average Bonchev–Trinajstić information content (AvgIpc) is 2.73. The van der Waals surface area contributed by atoms with Gasteiger partial charge in [-0.1, -0.05) is 19.9 Å². The molecule has 0 spiro atoms. The van der Waals surface area contributed by atoms with Crippen molar-refractivity contribution in [1.82, 2.24) is 4.98 Å². The van der Waals surface area contributed by atoms with Crippen LogP contribution in [0.4, 0.5) is 8.78 Å². The van der Waals surface area contributed by atoms with E-state index in [2.05, 4.69) is 11.1 Å². The average molecular weight is 278 g/mol. The van der Waals surface area contributed by atoms with Gasteiger partial charge in [0.2, 0.25) is 0 Å². The Balaban J connectivity index is 2.58. The summed E-state index contributed by atoms with van der Waals surface area (Å²) < 4.78 is 27.5. The molecule has 0 aliphatic heterocycles. The fourth-order valence-corrected chi connectivity index (χ4v) is 3.02. The summed E-state index contributed by atoms with van der Waals surface area (Å²) in [6.45, 7) is 3.88. The number of hydrogen-bond acceptors (Lipinski definition) is 3. The molecule has 0 N–H and O–H groups in total. The zero-order valence-corrected chi connectivity index (χ0v) is 11.4. The van der Waals surface area contributed by atoms with E-state index in [-0.39, 0.29) is 17.9 Å². The topological polar surface area (TPSA) is 36.7 Å². The number of thiazole rings is 1. The fraction of sp³-hybridized carbons (Fsp3) is 0.286. The maximum absolute atomic E-state index is 13.7. The first kappa shape index (κ1) is 13.6. The summed E-state index contributed by atoms with van der Waals surface area (Å²) in [5.41, 5.74) is 0.628. The fourth-order valence-electron chi connectivity index (χ4n) is 1.82. The molecule has 0 unspecified atom stereocenters. The van der Waals surface area contributed by atoms with Crippen molar-refractivity contribution in [2.45, 2.75) is 26.2 Å². The van der Waals surface area contributed by atoms with E-state index in [4.69, 9.17) is 5.26 Å². The van der Waals surface area contributed by atoms with Crippen molar-refractivity contribution >= 4 is 11.3 Å². The lowest BCUT2D eigenvalue weighted by atomic mass is 10.1. The summed E-state index contributed by atoms with van der Waals surface area (Å²) in [7, 11) is 0. The minimum Gasteiger partial charge on any atom is -0.240 e. The highest BCUT2D eigenvalue weighted by molar-refractivity contribution is 7.15. The largest absolute Gasteiger partial charge is 0.240 e. The second-order valence-corrected chi connectivity index (χ2v) is 5.50. The van der Waals surface area contributed by atoms with E-state index >= 15 is 0 Å². The van der Waals surface area contributed by atoms with Gasteiger partial charge in [0.05, 0.1) is 23.7 Å². The van der Waals surface area contributed by atoms with Crippen molar-refractivity contribution in [3.05, 3.63) is 40.4 Å². The highest BCUT2D eigenvalue weighted by Crippen LogP contribution is 2.34. The van der Waals surface area contributed by atoms with Crippen LogP contribution in [0.1, 0.15) is 30.3 Å². The number of hydrogen-bond donors (Lipinski definition) is 0. The number of benzene rings is 1. The summed E-state index contributed by atoms with van der Waals surface area (Å²) >= 11 is 1.18. The molecule has 2 aromatic rings.